The van der Waals surface area contributed by atoms with Crippen LogP contribution in [0.1, 0.15) is 22.5 Å². The molecule has 0 atom stereocenters. The van der Waals surface area contributed by atoms with Crippen molar-refractivity contribution >= 4 is 44.1 Å². The Hall–Kier alpha value is -2.54. The second-order valence-electron chi connectivity index (χ2n) is 6.08. The Bertz CT molecular complexity index is 992. The van der Waals surface area contributed by atoms with Crippen molar-refractivity contribution in [1.29, 1.82) is 0 Å². The van der Waals surface area contributed by atoms with Crippen LogP contribution in [0, 0.1) is 0 Å². The minimum atomic E-state index is 0.0196. The highest BCUT2D eigenvalue weighted by molar-refractivity contribution is 7.21. The third kappa shape index (κ3) is 1.94. The number of ether oxygens (including phenoxy) is 2. The molecule has 0 bridgehead atoms. The number of likely N-dealkylation sites (tertiary alicyclic amines) is 1. The Labute approximate surface area is 141 Å². The van der Waals surface area contributed by atoms with Crippen molar-refractivity contribution in [2.45, 2.75) is 12.8 Å². The Morgan fingerprint density at radius 2 is 1.92 bits per heavy atom. The number of aromatic nitrogens is 1. The van der Waals surface area contributed by atoms with Crippen LogP contribution < -0.4 is 15.2 Å². The maximum atomic E-state index is 12.7. The number of anilines is 1. The van der Waals surface area contributed by atoms with Gasteiger partial charge < -0.3 is 20.1 Å². The van der Waals surface area contributed by atoms with Gasteiger partial charge in [-0.1, -0.05) is 0 Å². The third-order valence-electron chi connectivity index (χ3n) is 4.60. The molecule has 3 aromatic rings. The maximum absolute atomic E-state index is 12.7. The van der Waals surface area contributed by atoms with E-state index in [1.165, 1.54) is 11.3 Å². The van der Waals surface area contributed by atoms with Gasteiger partial charge in [0.25, 0.3) is 5.91 Å². The van der Waals surface area contributed by atoms with Crippen LogP contribution in [0.3, 0.4) is 0 Å². The predicted molar refractivity (Wildman–Crippen MR) is 92.8 cm³/mol. The van der Waals surface area contributed by atoms with Gasteiger partial charge in [0, 0.05) is 29.9 Å². The SMILES string of the molecule is Nc1c(C(=O)N2CCCC2)sc2nc3cc4c(cc3cc12)OCO4. The predicted octanol–water partition coefficient (Wildman–Crippen LogP) is 3.00. The number of thiophene rings is 1. The molecule has 0 unspecified atom stereocenters. The molecule has 2 aromatic heterocycles. The smallest absolute Gasteiger partial charge is 0.266 e. The van der Waals surface area contributed by atoms with Gasteiger partial charge in [-0.05, 0) is 25.0 Å². The number of rotatable bonds is 1. The molecule has 1 fully saturated rings. The lowest BCUT2D eigenvalue weighted by Crippen LogP contribution is -2.27. The second kappa shape index (κ2) is 4.98. The number of hydrogen-bond donors (Lipinski definition) is 1. The largest absolute Gasteiger partial charge is 0.454 e. The molecule has 6 nitrogen and oxygen atoms in total. The van der Waals surface area contributed by atoms with E-state index < -0.39 is 0 Å². The minimum absolute atomic E-state index is 0.0196. The molecule has 122 valence electrons. The number of benzene rings is 1. The highest BCUT2D eigenvalue weighted by Crippen LogP contribution is 2.40. The van der Waals surface area contributed by atoms with Gasteiger partial charge in [-0.3, -0.25) is 4.79 Å². The number of nitrogens with two attached hydrogens (primary N) is 1. The topological polar surface area (TPSA) is 77.7 Å². The summed E-state index contributed by atoms with van der Waals surface area (Å²) in [5, 5.41) is 1.75. The van der Waals surface area contributed by atoms with Gasteiger partial charge in [-0.2, -0.15) is 0 Å². The summed E-state index contributed by atoms with van der Waals surface area (Å²) in [7, 11) is 0. The van der Waals surface area contributed by atoms with Crippen LogP contribution in [0.25, 0.3) is 21.1 Å². The summed E-state index contributed by atoms with van der Waals surface area (Å²) < 4.78 is 10.8. The number of nitrogen functional groups attached to an aromatic ring is 1. The molecule has 2 N–H and O–H groups in total. The molecule has 0 saturated carbocycles. The van der Waals surface area contributed by atoms with E-state index in [0.717, 1.165) is 47.1 Å². The molecule has 0 radical (unpaired) electrons. The van der Waals surface area contributed by atoms with E-state index in [1.807, 2.05) is 23.1 Å². The molecule has 1 aromatic carbocycles. The highest BCUT2D eigenvalue weighted by atomic mass is 32.1. The number of nitrogens with zero attached hydrogens (tertiary/aromatic N) is 2. The molecule has 7 heteroatoms. The van der Waals surface area contributed by atoms with Gasteiger partial charge in [0.1, 0.15) is 9.71 Å². The first kappa shape index (κ1) is 13.9. The molecular weight excluding hydrogens is 326 g/mol. The third-order valence-corrected chi connectivity index (χ3v) is 5.70. The maximum Gasteiger partial charge on any atom is 0.266 e. The molecule has 1 saturated heterocycles. The van der Waals surface area contributed by atoms with Gasteiger partial charge in [0.15, 0.2) is 11.5 Å². The molecule has 0 aliphatic carbocycles. The Kier molecular flexibility index (Phi) is 2.87. The lowest BCUT2D eigenvalue weighted by Gasteiger charge is -2.13. The van der Waals surface area contributed by atoms with Crippen LogP contribution in [0.4, 0.5) is 5.69 Å². The van der Waals surface area contributed by atoms with Crippen molar-refractivity contribution in [3.8, 4) is 11.5 Å². The Morgan fingerprint density at radius 1 is 1.17 bits per heavy atom. The zero-order valence-electron chi connectivity index (χ0n) is 12.9. The van der Waals surface area contributed by atoms with Crippen LogP contribution in [0.15, 0.2) is 18.2 Å². The number of amides is 1. The molecule has 4 heterocycles. The number of carbonyl (C=O) groups excluding carboxylic acids is 1. The first-order chi connectivity index (χ1) is 11.7. The summed E-state index contributed by atoms with van der Waals surface area (Å²) in [4.78, 5) is 20.6. The molecule has 5 rings (SSSR count). The van der Waals surface area contributed by atoms with Crippen molar-refractivity contribution in [2.24, 2.45) is 0 Å². The molecule has 0 spiro atoms. The van der Waals surface area contributed by atoms with E-state index in [4.69, 9.17) is 15.2 Å². The zero-order chi connectivity index (χ0) is 16.3. The van der Waals surface area contributed by atoms with Gasteiger partial charge in [-0.15, -0.1) is 11.3 Å². The number of hydrogen-bond acceptors (Lipinski definition) is 6. The van der Waals surface area contributed by atoms with Crippen molar-refractivity contribution in [1.82, 2.24) is 9.88 Å². The van der Waals surface area contributed by atoms with Crippen LogP contribution in [-0.2, 0) is 0 Å². The minimum Gasteiger partial charge on any atom is -0.454 e. The molecular formula is C17H15N3O3S. The van der Waals surface area contributed by atoms with Gasteiger partial charge in [-0.25, -0.2) is 4.98 Å². The highest BCUT2D eigenvalue weighted by Gasteiger charge is 2.25. The fourth-order valence-electron chi connectivity index (χ4n) is 3.31. The number of pyridine rings is 1. The average Bonchev–Trinajstić information content (AvgIpc) is 3.31. The fourth-order valence-corrected chi connectivity index (χ4v) is 4.37. The quantitative estimate of drug-likeness (QED) is 0.736. The summed E-state index contributed by atoms with van der Waals surface area (Å²) in [5.74, 6) is 1.43. The first-order valence-electron chi connectivity index (χ1n) is 7.92. The fraction of sp³-hybridized carbons (Fsp3) is 0.294. The van der Waals surface area contributed by atoms with Crippen molar-refractivity contribution in [3.05, 3.63) is 23.1 Å². The summed E-state index contributed by atoms with van der Waals surface area (Å²) in [6, 6.07) is 5.75. The average molecular weight is 341 g/mol. The first-order valence-corrected chi connectivity index (χ1v) is 8.74. The Morgan fingerprint density at radius 3 is 2.71 bits per heavy atom. The van der Waals surface area contributed by atoms with E-state index >= 15 is 0 Å². The van der Waals surface area contributed by atoms with Crippen molar-refractivity contribution in [3.63, 3.8) is 0 Å². The summed E-state index contributed by atoms with van der Waals surface area (Å²) in [6.07, 6.45) is 2.12. The van der Waals surface area contributed by atoms with E-state index in [1.54, 1.807) is 0 Å². The van der Waals surface area contributed by atoms with Crippen molar-refractivity contribution in [2.75, 3.05) is 25.6 Å². The summed E-state index contributed by atoms with van der Waals surface area (Å²) in [6.45, 7) is 1.85. The van der Waals surface area contributed by atoms with Crippen LogP contribution >= 0.6 is 11.3 Å². The lowest BCUT2D eigenvalue weighted by molar-refractivity contribution is 0.0798. The van der Waals surface area contributed by atoms with Crippen LogP contribution in [-0.4, -0.2) is 35.7 Å². The summed E-state index contributed by atoms with van der Waals surface area (Å²) in [5.41, 5.74) is 7.62. The number of carbonyl (C=O) groups is 1. The van der Waals surface area contributed by atoms with Gasteiger partial charge >= 0.3 is 0 Å². The Balaban J connectivity index is 1.67. The van der Waals surface area contributed by atoms with E-state index in [-0.39, 0.29) is 12.7 Å². The summed E-state index contributed by atoms with van der Waals surface area (Å²) >= 11 is 1.37. The molecule has 24 heavy (non-hydrogen) atoms. The zero-order valence-corrected chi connectivity index (χ0v) is 13.7. The molecule has 1 amide bonds. The monoisotopic (exact) mass is 341 g/mol. The van der Waals surface area contributed by atoms with E-state index in [0.29, 0.717) is 22.1 Å². The normalized spacial score (nSPS) is 16.4. The van der Waals surface area contributed by atoms with E-state index in [9.17, 15) is 4.79 Å². The number of fused-ring (bicyclic) bond motifs is 3. The van der Waals surface area contributed by atoms with Gasteiger partial charge in [0.2, 0.25) is 6.79 Å². The van der Waals surface area contributed by atoms with E-state index in [2.05, 4.69) is 4.98 Å². The second-order valence-corrected chi connectivity index (χ2v) is 7.08. The van der Waals surface area contributed by atoms with Crippen LogP contribution in [0.5, 0.6) is 11.5 Å². The standard InChI is InChI=1S/C17H15N3O3S/c18-14-10-5-9-6-12-13(23-8-22-12)7-11(9)19-16(10)24-15(14)17(21)20-3-1-2-4-20/h5-7H,1-4,8,18H2. The van der Waals surface area contributed by atoms with Crippen LogP contribution in [0.2, 0.25) is 0 Å². The lowest BCUT2D eigenvalue weighted by atomic mass is 10.1. The van der Waals surface area contributed by atoms with Crippen molar-refractivity contribution < 1.29 is 14.3 Å². The molecule has 2 aliphatic heterocycles. The van der Waals surface area contributed by atoms with Gasteiger partial charge in [0.05, 0.1) is 11.2 Å². The molecule has 2 aliphatic rings.